The Morgan fingerprint density at radius 2 is 1.81 bits per heavy atom. The molecule has 2 aromatic rings. The Morgan fingerprint density at radius 1 is 1.11 bits per heavy atom. The molecule has 1 N–H and O–H groups in total. The van der Waals surface area contributed by atoms with Crippen LogP contribution in [-0.2, 0) is 14.9 Å². The van der Waals surface area contributed by atoms with E-state index in [9.17, 15) is 23.1 Å². The van der Waals surface area contributed by atoms with Gasteiger partial charge in [-0.05, 0) is 75.0 Å². The standard InChI is InChI=1S/C26H28ClF3N2O5/c27-15-1-2-20-17(11-15)18(33)12-21(35-20)19(34)13-24-3-6-25(7-4-24,8-5-24)23-32-31-22(36-23)14-9-16(10-14)37-26(28,29)30/h1-2,11,14,16,18,21,33H,3-10,12-13H2/t14?,16?,18-,21-,24?,25?/m1/s1. The summed E-state index contributed by atoms with van der Waals surface area (Å²) < 4.78 is 53.2. The Morgan fingerprint density at radius 3 is 2.49 bits per heavy atom. The first-order chi connectivity index (χ1) is 17.5. The van der Waals surface area contributed by atoms with Gasteiger partial charge in [-0.3, -0.25) is 9.53 Å². The summed E-state index contributed by atoms with van der Waals surface area (Å²) in [6, 6.07) is 5.05. The van der Waals surface area contributed by atoms with Crippen LogP contribution in [0, 0.1) is 5.41 Å². The predicted octanol–water partition coefficient (Wildman–Crippen LogP) is 5.94. The molecule has 4 fully saturated rings. The van der Waals surface area contributed by atoms with Gasteiger partial charge in [-0.2, -0.15) is 0 Å². The highest BCUT2D eigenvalue weighted by atomic mass is 35.5. The third-order valence-corrected chi connectivity index (χ3v) is 9.22. The number of aliphatic hydroxyl groups excluding tert-OH is 1. The van der Waals surface area contributed by atoms with Gasteiger partial charge in [0.2, 0.25) is 11.8 Å². The van der Waals surface area contributed by atoms with Crippen molar-refractivity contribution in [3.63, 3.8) is 0 Å². The molecule has 2 heterocycles. The quantitative estimate of drug-likeness (QED) is 0.484. The number of fused-ring (bicyclic) bond motifs is 4. The van der Waals surface area contributed by atoms with Gasteiger partial charge in [0.15, 0.2) is 11.9 Å². The van der Waals surface area contributed by atoms with Crippen molar-refractivity contribution >= 4 is 17.4 Å². The Hall–Kier alpha value is -2.17. The summed E-state index contributed by atoms with van der Waals surface area (Å²) in [6.45, 7) is 0. The number of ketones is 1. The maximum absolute atomic E-state index is 13.3. The number of nitrogens with zero attached hydrogens (tertiary/aromatic N) is 2. The number of alkyl halides is 3. The number of ether oxygens (including phenoxy) is 2. The molecule has 0 spiro atoms. The number of hydrogen-bond acceptors (Lipinski definition) is 7. The molecule has 1 aromatic heterocycles. The monoisotopic (exact) mass is 540 g/mol. The van der Waals surface area contributed by atoms with E-state index in [-0.39, 0.29) is 41.8 Å². The molecule has 1 aromatic carbocycles. The van der Waals surface area contributed by atoms with Gasteiger partial charge in [0.05, 0.1) is 12.2 Å². The average molecular weight is 541 g/mol. The van der Waals surface area contributed by atoms with Gasteiger partial charge < -0.3 is 14.3 Å². The van der Waals surface area contributed by atoms with Crippen LogP contribution in [0.25, 0.3) is 0 Å². The van der Waals surface area contributed by atoms with E-state index in [1.54, 1.807) is 18.2 Å². The number of halogens is 4. The summed E-state index contributed by atoms with van der Waals surface area (Å²) in [5.74, 6) is 1.26. The van der Waals surface area contributed by atoms with E-state index >= 15 is 0 Å². The van der Waals surface area contributed by atoms with Gasteiger partial charge in [0.25, 0.3) is 0 Å². The zero-order valence-corrected chi connectivity index (χ0v) is 20.9. The Labute approximate surface area is 216 Å². The SMILES string of the molecule is O=C(CC12CCC(c3nnc(C4CC(OC(F)(F)F)C4)o3)(CC1)CC2)[C@H]1C[C@@H](O)c2cc(Cl)ccc2O1. The molecule has 7 rings (SSSR count). The van der Waals surface area contributed by atoms with Gasteiger partial charge >= 0.3 is 6.36 Å². The average Bonchev–Trinajstić information content (AvgIpc) is 3.32. The lowest BCUT2D eigenvalue weighted by atomic mass is 9.52. The maximum atomic E-state index is 13.3. The van der Waals surface area contributed by atoms with Crippen molar-refractivity contribution in [2.75, 3.05) is 0 Å². The van der Waals surface area contributed by atoms with E-state index in [2.05, 4.69) is 14.9 Å². The number of aromatic nitrogens is 2. The molecule has 200 valence electrons. The van der Waals surface area contributed by atoms with Crippen molar-refractivity contribution in [1.82, 2.24) is 10.2 Å². The number of benzene rings is 1. The highest BCUT2D eigenvalue weighted by Crippen LogP contribution is 2.59. The molecule has 0 unspecified atom stereocenters. The van der Waals surface area contributed by atoms with E-state index in [1.165, 1.54) is 0 Å². The molecular formula is C26H28ClF3N2O5. The lowest BCUT2D eigenvalue weighted by Crippen LogP contribution is -2.46. The maximum Gasteiger partial charge on any atom is 0.522 e. The number of aliphatic hydroxyl groups is 1. The minimum Gasteiger partial charge on any atom is -0.482 e. The first-order valence-corrected chi connectivity index (χ1v) is 13.2. The molecule has 4 saturated carbocycles. The van der Waals surface area contributed by atoms with Gasteiger partial charge in [0.1, 0.15) is 5.75 Å². The van der Waals surface area contributed by atoms with Crippen LogP contribution >= 0.6 is 11.6 Å². The van der Waals surface area contributed by atoms with Crippen molar-refractivity contribution in [3.8, 4) is 5.75 Å². The van der Waals surface area contributed by atoms with Gasteiger partial charge in [-0.1, -0.05) is 11.6 Å². The van der Waals surface area contributed by atoms with Crippen LogP contribution in [0.3, 0.4) is 0 Å². The van der Waals surface area contributed by atoms with Crippen molar-refractivity contribution < 1.29 is 37.0 Å². The molecule has 0 saturated heterocycles. The fourth-order valence-electron chi connectivity index (χ4n) is 6.61. The van der Waals surface area contributed by atoms with E-state index in [4.69, 9.17) is 20.8 Å². The van der Waals surface area contributed by atoms with Crippen molar-refractivity contribution in [1.29, 1.82) is 0 Å². The Bertz CT molecular complexity index is 1170. The van der Waals surface area contributed by atoms with Crippen LogP contribution in [0.15, 0.2) is 22.6 Å². The van der Waals surface area contributed by atoms with Crippen LogP contribution in [-0.4, -0.2) is 39.7 Å². The largest absolute Gasteiger partial charge is 0.522 e. The number of carbonyl (C=O) groups is 1. The smallest absolute Gasteiger partial charge is 0.482 e. The lowest BCUT2D eigenvalue weighted by Gasteiger charge is -2.52. The number of carbonyl (C=O) groups excluding carboxylic acids is 1. The minimum absolute atomic E-state index is 0.00902. The Kier molecular flexibility index (Phi) is 6.08. The van der Waals surface area contributed by atoms with Crippen LogP contribution < -0.4 is 4.74 Å². The van der Waals surface area contributed by atoms with E-state index in [1.807, 2.05) is 0 Å². The first-order valence-electron chi connectivity index (χ1n) is 12.8. The molecule has 7 nitrogen and oxygen atoms in total. The van der Waals surface area contributed by atoms with Crippen LogP contribution in [0.1, 0.15) is 93.6 Å². The highest BCUT2D eigenvalue weighted by molar-refractivity contribution is 6.30. The van der Waals surface area contributed by atoms with E-state index in [0.717, 1.165) is 38.5 Å². The first kappa shape index (κ1) is 25.1. The third-order valence-electron chi connectivity index (χ3n) is 8.99. The van der Waals surface area contributed by atoms with Crippen molar-refractivity contribution in [2.45, 2.75) is 100 Å². The predicted molar refractivity (Wildman–Crippen MR) is 124 cm³/mol. The van der Waals surface area contributed by atoms with Gasteiger partial charge in [-0.25, -0.2) is 0 Å². The zero-order valence-electron chi connectivity index (χ0n) is 20.1. The van der Waals surface area contributed by atoms with Crippen LogP contribution in [0.4, 0.5) is 13.2 Å². The third kappa shape index (κ3) is 4.76. The molecule has 2 atom stereocenters. The molecule has 4 aliphatic carbocycles. The number of rotatable bonds is 6. The van der Waals surface area contributed by atoms with E-state index < -0.39 is 24.7 Å². The minimum atomic E-state index is -4.63. The fraction of sp³-hybridized carbons (Fsp3) is 0.654. The summed E-state index contributed by atoms with van der Waals surface area (Å²) in [6.07, 6.45) is -0.900. The Balaban J connectivity index is 1.06. The molecule has 0 amide bonds. The molecule has 37 heavy (non-hydrogen) atoms. The topological polar surface area (TPSA) is 94.7 Å². The van der Waals surface area contributed by atoms with Crippen LogP contribution in [0.5, 0.6) is 5.75 Å². The van der Waals surface area contributed by atoms with Gasteiger partial charge in [-0.15, -0.1) is 23.4 Å². The lowest BCUT2D eigenvalue weighted by molar-refractivity contribution is -0.352. The molecule has 2 bridgehead atoms. The highest BCUT2D eigenvalue weighted by Gasteiger charge is 2.53. The summed E-state index contributed by atoms with van der Waals surface area (Å²) in [4.78, 5) is 13.3. The van der Waals surface area contributed by atoms with Crippen molar-refractivity contribution in [2.24, 2.45) is 5.41 Å². The fourth-order valence-corrected chi connectivity index (χ4v) is 6.79. The summed E-state index contributed by atoms with van der Waals surface area (Å²) >= 11 is 6.03. The number of hydrogen-bond donors (Lipinski definition) is 1. The number of Topliss-reactive ketones (excluding diaryl/α,β-unsaturated/α-hetero) is 1. The molecule has 0 radical (unpaired) electrons. The second-order valence-electron chi connectivity index (χ2n) is 11.3. The van der Waals surface area contributed by atoms with E-state index in [0.29, 0.717) is 34.5 Å². The summed E-state index contributed by atoms with van der Waals surface area (Å²) in [5, 5.41) is 19.5. The van der Waals surface area contributed by atoms with Gasteiger partial charge in [0, 0.05) is 34.8 Å². The molecule has 5 aliphatic rings. The molecule has 1 aliphatic heterocycles. The van der Waals surface area contributed by atoms with Crippen LogP contribution in [0.2, 0.25) is 5.02 Å². The summed E-state index contributed by atoms with van der Waals surface area (Å²) in [7, 11) is 0. The second-order valence-corrected chi connectivity index (χ2v) is 11.7. The normalized spacial score (nSPS) is 34.9. The summed E-state index contributed by atoms with van der Waals surface area (Å²) in [5.41, 5.74) is 0.267. The van der Waals surface area contributed by atoms with Crippen molar-refractivity contribution in [3.05, 3.63) is 40.6 Å². The zero-order chi connectivity index (χ0) is 26.0. The molecule has 11 heteroatoms. The second kappa shape index (κ2) is 8.95. The molecular weight excluding hydrogens is 513 g/mol.